The summed E-state index contributed by atoms with van der Waals surface area (Å²) in [6.07, 6.45) is -4.88. The number of rotatable bonds is 10. The van der Waals surface area contributed by atoms with Crippen LogP contribution in [0.1, 0.15) is 45.7 Å². The van der Waals surface area contributed by atoms with E-state index in [-0.39, 0.29) is 47.4 Å². The van der Waals surface area contributed by atoms with E-state index in [1.807, 2.05) is 26.1 Å². The number of carbonyl (C=O) groups excluding carboxylic acids is 3. The maximum atomic E-state index is 13.8. The van der Waals surface area contributed by atoms with Gasteiger partial charge in [0.15, 0.2) is 0 Å². The number of nitrogens with two attached hydrogens (primary N) is 1. The minimum Gasteiger partial charge on any atom is -0.488 e. The van der Waals surface area contributed by atoms with Crippen molar-refractivity contribution in [3.05, 3.63) is 113 Å². The van der Waals surface area contributed by atoms with Gasteiger partial charge in [0.1, 0.15) is 11.9 Å². The van der Waals surface area contributed by atoms with Crippen LogP contribution in [0.4, 0.5) is 40.7 Å². The Labute approximate surface area is 299 Å². The maximum Gasteiger partial charge on any atom is 0.416 e. The largest absolute Gasteiger partial charge is 0.488 e. The van der Waals surface area contributed by atoms with Crippen LogP contribution in [0.25, 0.3) is 0 Å². The van der Waals surface area contributed by atoms with E-state index in [9.17, 15) is 32.7 Å². The molecular formula is C38H41F3N6O5. The summed E-state index contributed by atoms with van der Waals surface area (Å²) in [4.78, 5) is 43.0. The molecule has 0 aromatic heterocycles. The van der Waals surface area contributed by atoms with Crippen molar-refractivity contribution in [2.45, 2.75) is 38.7 Å². The minimum atomic E-state index is -4.50. The van der Waals surface area contributed by atoms with Gasteiger partial charge in [0.2, 0.25) is 0 Å². The SMILES string of the molecule is C[C@@H]1CN([C@@H](C)CO)C(=O)c2cc(NC(=O)Nc3ccc(C(F)(F)F)cc3)ccc2O[C@H]1CN(C)Cc1ccc(C(=O)Nc2ccccc2N)cc1. The van der Waals surface area contributed by atoms with Gasteiger partial charge in [-0.2, -0.15) is 13.2 Å². The first kappa shape index (κ1) is 37.7. The van der Waals surface area contributed by atoms with Gasteiger partial charge >= 0.3 is 12.2 Å². The summed E-state index contributed by atoms with van der Waals surface area (Å²) in [5.74, 6) is -0.505. The second kappa shape index (κ2) is 16.2. The molecule has 0 radical (unpaired) electrons. The number of carbonyl (C=O) groups is 3. The van der Waals surface area contributed by atoms with Crippen LogP contribution >= 0.6 is 0 Å². The first-order valence-electron chi connectivity index (χ1n) is 16.6. The smallest absolute Gasteiger partial charge is 0.416 e. The molecular weight excluding hydrogens is 677 g/mol. The summed E-state index contributed by atoms with van der Waals surface area (Å²) in [6, 6.07) is 21.7. The average molecular weight is 719 g/mol. The number of nitrogen functional groups attached to an aromatic ring is 1. The third-order valence-corrected chi connectivity index (χ3v) is 8.76. The molecule has 1 aliphatic rings. The highest BCUT2D eigenvalue weighted by atomic mass is 19.4. The van der Waals surface area contributed by atoms with Gasteiger partial charge in [0.25, 0.3) is 11.8 Å². The van der Waals surface area contributed by atoms with Crippen LogP contribution in [-0.4, -0.2) is 71.6 Å². The van der Waals surface area contributed by atoms with Crippen LogP contribution in [0.15, 0.2) is 91.0 Å². The van der Waals surface area contributed by atoms with E-state index in [0.29, 0.717) is 42.3 Å². The first-order chi connectivity index (χ1) is 24.7. The van der Waals surface area contributed by atoms with Crippen molar-refractivity contribution in [1.29, 1.82) is 0 Å². The van der Waals surface area contributed by atoms with Gasteiger partial charge < -0.3 is 36.4 Å². The zero-order valence-electron chi connectivity index (χ0n) is 28.9. The monoisotopic (exact) mass is 718 g/mol. The number of hydrogen-bond donors (Lipinski definition) is 5. The number of hydrogen-bond acceptors (Lipinski definition) is 7. The Morgan fingerprint density at radius 2 is 1.63 bits per heavy atom. The highest BCUT2D eigenvalue weighted by Gasteiger charge is 2.34. The fraction of sp³-hybridized carbons (Fsp3) is 0.289. The highest BCUT2D eigenvalue weighted by molar-refractivity contribution is 6.06. The van der Waals surface area contributed by atoms with E-state index >= 15 is 0 Å². The Morgan fingerprint density at radius 3 is 2.29 bits per heavy atom. The predicted octanol–water partition coefficient (Wildman–Crippen LogP) is 6.54. The normalized spacial score (nSPS) is 16.6. The summed E-state index contributed by atoms with van der Waals surface area (Å²) in [5, 5.41) is 17.9. The number of aliphatic hydroxyl groups is 1. The number of aliphatic hydroxyl groups excluding tert-OH is 1. The molecule has 0 saturated heterocycles. The maximum absolute atomic E-state index is 13.8. The standard InChI is InChI=1S/C38H41F3N6O5/c1-23-19-47(24(2)22-48)36(50)30-18-29(44-37(51)43-28-14-12-27(13-15-28)38(39,40)41)16-17-33(30)52-34(23)21-46(3)20-25-8-10-26(11-9-25)35(49)45-32-7-5-4-6-31(32)42/h4-18,23-24,34,48H,19-22,42H2,1-3H3,(H,45,49)(H2,43,44,51)/t23-,24+,34+/m1/s1. The minimum absolute atomic E-state index is 0.141. The van der Waals surface area contributed by atoms with Gasteiger partial charge in [0, 0.05) is 42.5 Å². The molecule has 1 aliphatic heterocycles. The molecule has 0 unspecified atom stereocenters. The van der Waals surface area contributed by atoms with E-state index in [0.717, 1.165) is 29.8 Å². The molecule has 6 N–H and O–H groups in total. The fourth-order valence-corrected chi connectivity index (χ4v) is 5.80. The summed E-state index contributed by atoms with van der Waals surface area (Å²) in [7, 11) is 1.94. The second-order valence-corrected chi connectivity index (χ2v) is 12.9. The lowest BCUT2D eigenvalue weighted by Crippen LogP contribution is -2.49. The van der Waals surface area contributed by atoms with Crippen LogP contribution in [0.5, 0.6) is 5.75 Å². The number of nitrogens with one attached hydrogen (secondary N) is 3. The van der Waals surface area contributed by atoms with Crippen LogP contribution in [0, 0.1) is 5.92 Å². The lowest BCUT2D eigenvalue weighted by molar-refractivity contribution is -0.137. The molecule has 4 aromatic rings. The molecule has 0 aliphatic carbocycles. The summed E-state index contributed by atoms with van der Waals surface area (Å²) in [6.45, 7) is 4.76. The zero-order chi connectivity index (χ0) is 37.6. The molecule has 3 atom stereocenters. The van der Waals surface area contributed by atoms with Crippen LogP contribution in [0.3, 0.4) is 0 Å². The number of alkyl halides is 3. The predicted molar refractivity (Wildman–Crippen MR) is 193 cm³/mol. The number of urea groups is 1. The molecule has 4 aromatic carbocycles. The van der Waals surface area contributed by atoms with Crippen molar-refractivity contribution in [2.75, 3.05) is 48.4 Å². The summed E-state index contributed by atoms with van der Waals surface area (Å²) >= 11 is 0. The Kier molecular flexibility index (Phi) is 11.7. The van der Waals surface area contributed by atoms with E-state index in [4.69, 9.17) is 10.5 Å². The number of likely N-dealkylation sites (N-methyl/N-ethyl adjacent to an activating group) is 1. The lowest BCUT2D eigenvalue weighted by Gasteiger charge is -2.38. The van der Waals surface area contributed by atoms with E-state index < -0.39 is 23.8 Å². The van der Waals surface area contributed by atoms with Crippen molar-refractivity contribution >= 4 is 40.6 Å². The molecule has 274 valence electrons. The Morgan fingerprint density at radius 1 is 0.981 bits per heavy atom. The van der Waals surface area contributed by atoms with E-state index in [1.54, 1.807) is 60.4 Å². The Bertz CT molecular complexity index is 1890. The Hall–Kier alpha value is -5.60. The number of nitrogens with zero attached hydrogens (tertiary/aromatic N) is 2. The third kappa shape index (κ3) is 9.38. The quantitative estimate of drug-likeness (QED) is 0.117. The van der Waals surface area contributed by atoms with Gasteiger partial charge in [-0.25, -0.2) is 4.79 Å². The number of anilines is 4. The first-order valence-corrected chi connectivity index (χ1v) is 16.6. The van der Waals surface area contributed by atoms with Crippen molar-refractivity contribution in [2.24, 2.45) is 5.92 Å². The van der Waals surface area contributed by atoms with E-state index in [1.165, 1.54) is 6.07 Å². The number of halogens is 3. The van der Waals surface area contributed by atoms with Crippen molar-refractivity contribution in [1.82, 2.24) is 9.80 Å². The molecule has 52 heavy (non-hydrogen) atoms. The van der Waals surface area contributed by atoms with Gasteiger partial charge in [-0.3, -0.25) is 14.5 Å². The molecule has 4 amide bonds. The molecule has 0 saturated carbocycles. The second-order valence-electron chi connectivity index (χ2n) is 12.9. The van der Waals surface area contributed by atoms with Crippen molar-refractivity contribution in [3.8, 4) is 5.75 Å². The number of ether oxygens (including phenoxy) is 1. The van der Waals surface area contributed by atoms with Crippen LogP contribution in [0.2, 0.25) is 0 Å². The fourth-order valence-electron chi connectivity index (χ4n) is 5.80. The molecule has 0 spiro atoms. The molecule has 5 rings (SSSR count). The van der Waals surface area contributed by atoms with Crippen molar-refractivity contribution < 1.29 is 37.4 Å². The molecule has 0 bridgehead atoms. The number of fused-ring (bicyclic) bond motifs is 1. The highest BCUT2D eigenvalue weighted by Crippen LogP contribution is 2.32. The van der Waals surface area contributed by atoms with Gasteiger partial charge in [-0.1, -0.05) is 31.2 Å². The third-order valence-electron chi connectivity index (χ3n) is 8.76. The molecule has 11 nitrogen and oxygen atoms in total. The summed E-state index contributed by atoms with van der Waals surface area (Å²) in [5.41, 5.74) is 8.15. The number of benzene rings is 4. The zero-order valence-corrected chi connectivity index (χ0v) is 28.9. The van der Waals surface area contributed by atoms with Gasteiger partial charge in [0.05, 0.1) is 35.2 Å². The van der Waals surface area contributed by atoms with E-state index in [2.05, 4.69) is 20.9 Å². The average Bonchev–Trinajstić information content (AvgIpc) is 3.10. The number of para-hydroxylation sites is 2. The molecule has 0 fully saturated rings. The van der Waals surface area contributed by atoms with Gasteiger partial charge in [-0.15, -0.1) is 0 Å². The van der Waals surface area contributed by atoms with Crippen LogP contribution in [-0.2, 0) is 12.7 Å². The van der Waals surface area contributed by atoms with Gasteiger partial charge in [-0.05, 0) is 86.3 Å². The Balaban J connectivity index is 1.27. The van der Waals surface area contributed by atoms with Crippen molar-refractivity contribution in [3.63, 3.8) is 0 Å². The molecule has 14 heteroatoms. The topological polar surface area (TPSA) is 149 Å². The number of amides is 4. The summed E-state index contributed by atoms with van der Waals surface area (Å²) < 4.78 is 45.2. The lowest BCUT2D eigenvalue weighted by atomic mass is 9.99. The van der Waals surface area contributed by atoms with Crippen LogP contribution < -0.4 is 26.4 Å². The molecule has 1 heterocycles.